The zero-order valence-corrected chi connectivity index (χ0v) is 11.1. The Kier molecular flexibility index (Phi) is 3.20. The highest BCUT2D eigenvalue weighted by atomic mass is 32.2. The molecule has 16 heavy (non-hydrogen) atoms. The minimum atomic E-state index is 0.344. The maximum absolute atomic E-state index is 6.09. The highest BCUT2D eigenvalue weighted by Gasteiger charge is 2.17. The largest absolute Gasteiger partial charge is 0.395 e. The fourth-order valence-corrected chi connectivity index (χ4v) is 3.06. The van der Waals surface area contributed by atoms with Crippen LogP contribution in [0.25, 0.3) is 0 Å². The maximum atomic E-state index is 6.09. The maximum Gasteiger partial charge on any atom is 0.156 e. The first-order valence-corrected chi connectivity index (χ1v) is 6.69. The molecule has 0 atom stereocenters. The molecule has 2 aromatic rings. The Morgan fingerprint density at radius 1 is 1.50 bits per heavy atom. The van der Waals surface area contributed by atoms with Gasteiger partial charge in [0.15, 0.2) is 4.34 Å². The molecule has 6 heteroatoms. The molecule has 2 heterocycles. The van der Waals surface area contributed by atoms with E-state index in [1.165, 1.54) is 0 Å². The molecule has 0 saturated heterocycles. The molecule has 2 aromatic heterocycles. The molecule has 0 spiro atoms. The van der Waals surface area contributed by atoms with E-state index in [0.717, 1.165) is 20.7 Å². The van der Waals surface area contributed by atoms with Crippen LogP contribution in [-0.2, 0) is 7.05 Å². The van der Waals surface area contributed by atoms with E-state index in [2.05, 4.69) is 23.9 Å². The van der Waals surface area contributed by atoms with Gasteiger partial charge in [-0.25, -0.2) is 4.98 Å². The average molecular weight is 254 g/mol. The van der Waals surface area contributed by atoms with Crippen LogP contribution in [0.4, 0.5) is 5.69 Å². The standard InChI is InChI=1S/C10H14N4S2/c1-6(2)8-7(11)9(14(3)13-8)16-10-12-4-5-15-10/h4-6H,11H2,1-3H3. The molecule has 0 saturated carbocycles. The zero-order chi connectivity index (χ0) is 11.7. The number of thiazole rings is 1. The number of hydrogen-bond acceptors (Lipinski definition) is 5. The molecule has 0 radical (unpaired) electrons. The van der Waals surface area contributed by atoms with Gasteiger partial charge in [-0.2, -0.15) is 5.10 Å². The van der Waals surface area contributed by atoms with Crippen molar-refractivity contribution in [3.63, 3.8) is 0 Å². The van der Waals surface area contributed by atoms with Crippen molar-refractivity contribution >= 4 is 28.8 Å². The number of anilines is 1. The van der Waals surface area contributed by atoms with Gasteiger partial charge in [-0.1, -0.05) is 13.8 Å². The molecule has 0 aromatic carbocycles. The van der Waals surface area contributed by atoms with Crippen molar-refractivity contribution in [1.82, 2.24) is 14.8 Å². The minimum Gasteiger partial charge on any atom is -0.395 e. The van der Waals surface area contributed by atoms with Gasteiger partial charge in [0.25, 0.3) is 0 Å². The molecular weight excluding hydrogens is 240 g/mol. The molecule has 0 aliphatic rings. The summed E-state index contributed by atoms with van der Waals surface area (Å²) in [6.45, 7) is 4.19. The third kappa shape index (κ3) is 2.08. The van der Waals surface area contributed by atoms with Crippen molar-refractivity contribution < 1.29 is 0 Å². The van der Waals surface area contributed by atoms with Crippen LogP contribution in [0.3, 0.4) is 0 Å². The van der Waals surface area contributed by atoms with Gasteiger partial charge in [0.2, 0.25) is 0 Å². The molecule has 0 amide bonds. The van der Waals surface area contributed by atoms with Crippen molar-refractivity contribution in [2.75, 3.05) is 5.73 Å². The second kappa shape index (κ2) is 4.47. The lowest BCUT2D eigenvalue weighted by molar-refractivity contribution is 0.671. The first-order chi connectivity index (χ1) is 7.59. The summed E-state index contributed by atoms with van der Waals surface area (Å²) in [7, 11) is 1.91. The van der Waals surface area contributed by atoms with Crippen LogP contribution < -0.4 is 5.73 Å². The van der Waals surface area contributed by atoms with E-state index < -0.39 is 0 Å². The summed E-state index contributed by atoms with van der Waals surface area (Å²) < 4.78 is 2.82. The van der Waals surface area contributed by atoms with Gasteiger partial charge in [0.1, 0.15) is 5.03 Å². The quantitative estimate of drug-likeness (QED) is 0.915. The minimum absolute atomic E-state index is 0.344. The highest BCUT2D eigenvalue weighted by Crippen LogP contribution is 2.36. The van der Waals surface area contributed by atoms with Gasteiger partial charge >= 0.3 is 0 Å². The van der Waals surface area contributed by atoms with Crippen LogP contribution in [-0.4, -0.2) is 14.8 Å². The summed E-state index contributed by atoms with van der Waals surface area (Å²) in [4.78, 5) is 4.23. The topological polar surface area (TPSA) is 56.7 Å². The first kappa shape index (κ1) is 11.5. The van der Waals surface area contributed by atoms with E-state index in [-0.39, 0.29) is 0 Å². The summed E-state index contributed by atoms with van der Waals surface area (Å²) in [6, 6.07) is 0. The molecule has 2 N–H and O–H groups in total. The summed E-state index contributed by atoms with van der Waals surface area (Å²) in [5.41, 5.74) is 7.83. The van der Waals surface area contributed by atoms with E-state index in [9.17, 15) is 0 Å². The Bertz CT molecular complexity index is 473. The third-order valence-electron chi connectivity index (χ3n) is 2.20. The molecule has 86 valence electrons. The fraction of sp³-hybridized carbons (Fsp3) is 0.400. The van der Waals surface area contributed by atoms with Gasteiger partial charge in [-0.15, -0.1) is 11.3 Å². The van der Waals surface area contributed by atoms with Crippen molar-refractivity contribution in [2.24, 2.45) is 7.05 Å². The number of nitrogen functional groups attached to an aromatic ring is 1. The normalized spacial score (nSPS) is 11.2. The second-order valence-corrected chi connectivity index (χ2v) is 5.91. The summed E-state index contributed by atoms with van der Waals surface area (Å²) in [6.07, 6.45) is 1.79. The monoisotopic (exact) mass is 254 g/mol. The summed E-state index contributed by atoms with van der Waals surface area (Å²) in [5, 5.41) is 7.37. The van der Waals surface area contributed by atoms with Crippen molar-refractivity contribution in [2.45, 2.75) is 29.1 Å². The highest BCUT2D eigenvalue weighted by molar-refractivity contribution is 8.01. The Morgan fingerprint density at radius 3 is 2.75 bits per heavy atom. The van der Waals surface area contributed by atoms with E-state index in [4.69, 9.17) is 5.73 Å². The van der Waals surface area contributed by atoms with Gasteiger partial charge < -0.3 is 5.73 Å². The van der Waals surface area contributed by atoms with Gasteiger partial charge in [-0.05, 0) is 17.7 Å². The van der Waals surface area contributed by atoms with Crippen LogP contribution in [0.1, 0.15) is 25.5 Å². The van der Waals surface area contributed by atoms with Gasteiger partial charge in [-0.3, -0.25) is 4.68 Å². The van der Waals surface area contributed by atoms with Crippen LogP contribution >= 0.6 is 23.1 Å². The number of aryl methyl sites for hydroxylation is 1. The second-order valence-electron chi connectivity index (χ2n) is 3.78. The Hall–Kier alpha value is -1.01. The molecule has 0 bridgehead atoms. The van der Waals surface area contributed by atoms with Crippen LogP contribution in [0.2, 0.25) is 0 Å². The number of hydrogen-bond donors (Lipinski definition) is 1. The molecule has 0 fully saturated rings. The van der Waals surface area contributed by atoms with Crippen LogP contribution in [0.15, 0.2) is 20.9 Å². The molecule has 0 unspecified atom stereocenters. The van der Waals surface area contributed by atoms with Crippen molar-refractivity contribution in [3.05, 3.63) is 17.3 Å². The van der Waals surface area contributed by atoms with E-state index in [1.54, 1.807) is 29.3 Å². The SMILES string of the molecule is CC(C)c1nn(C)c(Sc2nccs2)c1N. The lowest BCUT2D eigenvalue weighted by atomic mass is 10.1. The molecule has 4 nitrogen and oxygen atoms in total. The van der Waals surface area contributed by atoms with Crippen molar-refractivity contribution in [3.8, 4) is 0 Å². The van der Waals surface area contributed by atoms with Crippen LogP contribution in [0.5, 0.6) is 0 Å². The number of nitrogens with two attached hydrogens (primary N) is 1. The number of rotatable bonds is 3. The molecular formula is C10H14N4S2. The average Bonchev–Trinajstić information content (AvgIpc) is 2.81. The number of aromatic nitrogens is 3. The van der Waals surface area contributed by atoms with Gasteiger partial charge in [0.05, 0.1) is 11.4 Å². The Morgan fingerprint density at radius 2 is 2.25 bits per heavy atom. The van der Waals surface area contributed by atoms with Gasteiger partial charge in [0, 0.05) is 18.6 Å². The van der Waals surface area contributed by atoms with E-state index in [1.807, 2.05) is 17.1 Å². The third-order valence-corrected chi connectivity index (χ3v) is 4.26. The summed E-state index contributed by atoms with van der Waals surface area (Å²) >= 11 is 3.18. The molecule has 2 rings (SSSR count). The molecule has 0 aliphatic heterocycles. The molecule has 0 aliphatic carbocycles. The number of nitrogens with zero attached hydrogens (tertiary/aromatic N) is 3. The zero-order valence-electron chi connectivity index (χ0n) is 9.47. The fourth-order valence-electron chi connectivity index (χ4n) is 1.44. The van der Waals surface area contributed by atoms with Crippen LogP contribution in [0, 0.1) is 0 Å². The summed E-state index contributed by atoms with van der Waals surface area (Å²) in [5.74, 6) is 0.344. The van der Waals surface area contributed by atoms with Crippen molar-refractivity contribution in [1.29, 1.82) is 0 Å². The lowest BCUT2D eigenvalue weighted by Crippen LogP contribution is -1.94. The van der Waals surface area contributed by atoms with E-state index >= 15 is 0 Å². The predicted octanol–water partition coefficient (Wildman–Crippen LogP) is 2.73. The predicted molar refractivity (Wildman–Crippen MR) is 67.9 cm³/mol. The Balaban J connectivity index is 2.34. The van der Waals surface area contributed by atoms with E-state index in [0.29, 0.717) is 5.92 Å². The first-order valence-electron chi connectivity index (χ1n) is 4.99. The smallest absolute Gasteiger partial charge is 0.156 e. The Labute approximate surface area is 103 Å². The lowest BCUT2D eigenvalue weighted by Gasteiger charge is -2.01.